The summed E-state index contributed by atoms with van der Waals surface area (Å²) < 4.78 is 0. The van der Waals surface area contributed by atoms with Crippen LogP contribution >= 0.6 is 0 Å². The van der Waals surface area contributed by atoms with Gasteiger partial charge in [-0.2, -0.15) is 0 Å². The smallest absolute Gasteiger partial charge is 0.273 e. The molecule has 22 heavy (non-hydrogen) atoms. The number of amides is 1. The van der Waals surface area contributed by atoms with Crippen molar-refractivity contribution in [1.82, 2.24) is 15.8 Å². The van der Waals surface area contributed by atoms with E-state index < -0.39 is 4.92 Å². The number of carbonyl (C=O) groups is 1. The Kier molecular flexibility index (Phi) is 5.11. The zero-order valence-electron chi connectivity index (χ0n) is 12.8. The minimum Gasteiger partial charge on any atom is -0.303 e. The fraction of sp³-hybridized carbons (Fsp3) is 0.400. The third-order valence-electron chi connectivity index (χ3n) is 3.75. The van der Waals surface area contributed by atoms with Gasteiger partial charge >= 0.3 is 0 Å². The molecule has 0 aromatic heterocycles. The molecule has 1 aliphatic heterocycles. The van der Waals surface area contributed by atoms with Crippen LogP contribution in [0.4, 0.5) is 5.69 Å². The van der Waals surface area contributed by atoms with Crippen LogP contribution in [-0.4, -0.2) is 35.4 Å². The van der Waals surface area contributed by atoms with Crippen LogP contribution in [0.3, 0.4) is 0 Å². The number of hydrogen-bond acceptors (Lipinski definition) is 5. The van der Waals surface area contributed by atoms with Gasteiger partial charge in [0, 0.05) is 42.4 Å². The Balaban J connectivity index is 1.97. The number of aryl methyl sites for hydroxylation is 1. The van der Waals surface area contributed by atoms with Crippen molar-refractivity contribution in [3.05, 3.63) is 51.2 Å². The lowest BCUT2D eigenvalue weighted by atomic mass is 10.1. The predicted molar refractivity (Wildman–Crippen MR) is 83.2 cm³/mol. The average Bonchev–Trinajstić information content (AvgIpc) is 2.53. The summed E-state index contributed by atoms with van der Waals surface area (Å²) in [7, 11) is 0. The van der Waals surface area contributed by atoms with E-state index in [1.807, 2.05) is 6.08 Å². The summed E-state index contributed by atoms with van der Waals surface area (Å²) in [5.41, 5.74) is 7.18. The molecule has 2 N–H and O–H groups in total. The summed E-state index contributed by atoms with van der Waals surface area (Å²) in [4.78, 5) is 24.8. The molecular formula is C15H20N4O3. The molecule has 1 heterocycles. The second kappa shape index (κ2) is 7.04. The first-order valence-electron chi connectivity index (χ1n) is 7.24. The van der Waals surface area contributed by atoms with Crippen molar-refractivity contribution in [1.29, 1.82) is 0 Å². The highest BCUT2D eigenvalue weighted by atomic mass is 16.6. The van der Waals surface area contributed by atoms with E-state index in [4.69, 9.17) is 0 Å². The van der Waals surface area contributed by atoms with Crippen molar-refractivity contribution >= 4 is 11.6 Å². The molecular weight excluding hydrogens is 284 g/mol. The van der Waals surface area contributed by atoms with Crippen LogP contribution in [0, 0.1) is 17.0 Å². The van der Waals surface area contributed by atoms with Crippen LogP contribution < -0.4 is 10.9 Å². The lowest BCUT2D eigenvalue weighted by molar-refractivity contribution is -0.385. The van der Waals surface area contributed by atoms with E-state index in [1.54, 1.807) is 19.1 Å². The van der Waals surface area contributed by atoms with Gasteiger partial charge in [-0.05, 0) is 25.6 Å². The molecule has 0 atom stereocenters. The van der Waals surface area contributed by atoms with E-state index in [0.717, 1.165) is 31.8 Å². The number of hydrazine groups is 1. The van der Waals surface area contributed by atoms with Gasteiger partial charge in [0.1, 0.15) is 0 Å². The topological polar surface area (TPSA) is 87.5 Å². The molecule has 0 saturated heterocycles. The van der Waals surface area contributed by atoms with E-state index in [9.17, 15) is 14.9 Å². The summed E-state index contributed by atoms with van der Waals surface area (Å²) in [6.45, 7) is 6.55. The highest BCUT2D eigenvalue weighted by Crippen LogP contribution is 2.19. The highest BCUT2D eigenvalue weighted by molar-refractivity contribution is 5.94. The number of rotatable bonds is 5. The molecule has 0 saturated carbocycles. The second-order valence-electron chi connectivity index (χ2n) is 5.21. The molecule has 1 aromatic rings. The van der Waals surface area contributed by atoms with Crippen molar-refractivity contribution < 1.29 is 9.72 Å². The normalized spacial score (nSPS) is 15.1. The SMILES string of the molecule is CCN1CC=C(NNC(=O)c2ccc(C)c([N+](=O)[O-])c2)CC1. The third kappa shape index (κ3) is 3.82. The van der Waals surface area contributed by atoms with E-state index in [0.29, 0.717) is 5.56 Å². The number of nitrogens with zero attached hydrogens (tertiary/aromatic N) is 2. The lowest BCUT2D eigenvalue weighted by Crippen LogP contribution is -2.40. The fourth-order valence-corrected chi connectivity index (χ4v) is 2.27. The van der Waals surface area contributed by atoms with Gasteiger partial charge in [-0.3, -0.25) is 25.2 Å². The molecule has 1 amide bonds. The van der Waals surface area contributed by atoms with Crippen LogP contribution in [-0.2, 0) is 0 Å². The Morgan fingerprint density at radius 1 is 1.45 bits per heavy atom. The van der Waals surface area contributed by atoms with Crippen LogP contribution in [0.1, 0.15) is 29.3 Å². The molecule has 0 spiro atoms. The monoisotopic (exact) mass is 304 g/mol. The minimum atomic E-state index is -0.484. The maximum absolute atomic E-state index is 12.1. The standard InChI is InChI=1S/C15H20N4O3/c1-3-18-8-6-13(7-9-18)16-17-15(20)12-5-4-11(2)14(10-12)19(21)22/h4-6,10,16H,3,7-9H2,1-2H3,(H,17,20). The molecule has 1 aliphatic rings. The Morgan fingerprint density at radius 2 is 2.23 bits per heavy atom. The third-order valence-corrected chi connectivity index (χ3v) is 3.75. The number of hydrogen-bond donors (Lipinski definition) is 2. The molecule has 118 valence electrons. The number of nitrogens with one attached hydrogen (secondary N) is 2. The maximum Gasteiger partial charge on any atom is 0.273 e. The van der Waals surface area contributed by atoms with Gasteiger partial charge in [0.05, 0.1) is 4.92 Å². The van der Waals surface area contributed by atoms with Gasteiger partial charge in [-0.15, -0.1) is 0 Å². The van der Waals surface area contributed by atoms with Crippen molar-refractivity contribution in [2.24, 2.45) is 0 Å². The molecule has 0 fully saturated rings. The lowest BCUT2D eigenvalue weighted by Gasteiger charge is -2.25. The number of benzene rings is 1. The summed E-state index contributed by atoms with van der Waals surface area (Å²) in [5.74, 6) is -0.387. The summed E-state index contributed by atoms with van der Waals surface area (Å²) in [6.07, 6.45) is 2.87. The Hall–Kier alpha value is -2.41. The van der Waals surface area contributed by atoms with Gasteiger partial charge in [0.2, 0.25) is 0 Å². The summed E-state index contributed by atoms with van der Waals surface area (Å²) in [5, 5.41) is 10.9. The highest BCUT2D eigenvalue weighted by Gasteiger charge is 2.15. The molecule has 7 nitrogen and oxygen atoms in total. The van der Waals surface area contributed by atoms with Crippen LogP contribution in [0.5, 0.6) is 0 Å². The number of likely N-dealkylation sites (N-methyl/N-ethyl adjacent to an activating group) is 1. The van der Waals surface area contributed by atoms with Gasteiger partial charge in [-0.1, -0.05) is 13.0 Å². The van der Waals surface area contributed by atoms with Gasteiger partial charge in [0.25, 0.3) is 11.6 Å². The van der Waals surface area contributed by atoms with Crippen molar-refractivity contribution in [2.45, 2.75) is 20.3 Å². The van der Waals surface area contributed by atoms with Gasteiger partial charge in [-0.25, -0.2) is 0 Å². The maximum atomic E-state index is 12.1. The van der Waals surface area contributed by atoms with E-state index in [-0.39, 0.29) is 17.2 Å². The Morgan fingerprint density at radius 3 is 2.82 bits per heavy atom. The molecule has 0 bridgehead atoms. The van der Waals surface area contributed by atoms with Crippen molar-refractivity contribution in [3.8, 4) is 0 Å². The largest absolute Gasteiger partial charge is 0.303 e. The van der Waals surface area contributed by atoms with E-state index in [2.05, 4.69) is 22.7 Å². The molecule has 7 heteroatoms. The number of nitro benzene ring substituents is 1. The zero-order chi connectivity index (χ0) is 16.1. The quantitative estimate of drug-likeness (QED) is 0.639. The summed E-state index contributed by atoms with van der Waals surface area (Å²) in [6, 6.07) is 4.44. The predicted octanol–water partition coefficient (Wildman–Crippen LogP) is 1.75. The molecule has 1 aromatic carbocycles. The van der Waals surface area contributed by atoms with Gasteiger partial charge < -0.3 is 5.43 Å². The van der Waals surface area contributed by atoms with Crippen molar-refractivity contribution in [3.63, 3.8) is 0 Å². The van der Waals surface area contributed by atoms with Crippen molar-refractivity contribution in [2.75, 3.05) is 19.6 Å². The summed E-state index contributed by atoms with van der Waals surface area (Å²) >= 11 is 0. The first-order chi connectivity index (χ1) is 10.5. The van der Waals surface area contributed by atoms with E-state index in [1.165, 1.54) is 6.07 Å². The zero-order valence-corrected chi connectivity index (χ0v) is 12.8. The first kappa shape index (κ1) is 16.0. The Bertz CT molecular complexity index is 613. The minimum absolute atomic E-state index is 0.0527. The first-order valence-corrected chi connectivity index (χ1v) is 7.24. The van der Waals surface area contributed by atoms with Crippen LogP contribution in [0.25, 0.3) is 0 Å². The van der Waals surface area contributed by atoms with E-state index >= 15 is 0 Å². The molecule has 0 unspecified atom stereocenters. The van der Waals surface area contributed by atoms with Gasteiger partial charge in [0.15, 0.2) is 0 Å². The van der Waals surface area contributed by atoms with Crippen LogP contribution in [0.15, 0.2) is 30.0 Å². The average molecular weight is 304 g/mol. The van der Waals surface area contributed by atoms with Crippen LogP contribution in [0.2, 0.25) is 0 Å². The Labute approximate surface area is 129 Å². The number of nitro groups is 1. The fourth-order valence-electron chi connectivity index (χ4n) is 2.27. The molecule has 0 radical (unpaired) electrons. The second-order valence-corrected chi connectivity index (χ2v) is 5.21. The number of carbonyl (C=O) groups excluding carboxylic acids is 1. The molecule has 2 rings (SSSR count). The molecule has 0 aliphatic carbocycles.